The predicted molar refractivity (Wildman–Crippen MR) is 120 cm³/mol. The molecule has 2 aromatic rings. The van der Waals surface area contributed by atoms with Crippen LogP contribution in [0.3, 0.4) is 0 Å². The van der Waals surface area contributed by atoms with Gasteiger partial charge in [0, 0.05) is 5.56 Å². The molecule has 0 radical (unpaired) electrons. The number of aliphatic hydroxyl groups is 2. The van der Waals surface area contributed by atoms with Crippen molar-refractivity contribution in [1.29, 1.82) is 5.26 Å². The van der Waals surface area contributed by atoms with Gasteiger partial charge in [-0.1, -0.05) is 27.7 Å². The van der Waals surface area contributed by atoms with Gasteiger partial charge in [-0.3, -0.25) is 0 Å². The lowest BCUT2D eigenvalue weighted by molar-refractivity contribution is -0.00244. The molecule has 5 N–H and O–H groups in total. The largest absolute Gasteiger partial charge is 0.393 e. The van der Waals surface area contributed by atoms with Crippen LogP contribution in [-0.4, -0.2) is 32.0 Å². The normalized spacial score (nSPS) is 15.2. The van der Waals surface area contributed by atoms with Gasteiger partial charge in [0.1, 0.15) is 26.7 Å². The summed E-state index contributed by atoms with van der Waals surface area (Å²) in [6.07, 6.45) is 1.11. The molecule has 0 fully saturated rings. The van der Waals surface area contributed by atoms with Gasteiger partial charge in [-0.15, -0.1) is 15.7 Å². The number of rotatable bonds is 6. The van der Waals surface area contributed by atoms with Gasteiger partial charge in [-0.25, -0.2) is 23.5 Å². The molecule has 0 aliphatic carbocycles. The summed E-state index contributed by atoms with van der Waals surface area (Å²) in [5.74, 6) is -1.28. The van der Waals surface area contributed by atoms with E-state index in [2.05, 4.69) is 14.7 Å². The number of halogens is 1. The highest BCUT2D eigenvalue weighted by atomic mass is 32.2. The van der Waals surface area contributed by atoms with Crippen molar-refractivity contribution >= 4 is 33.0 Å². The number of nitrogens with zero attached hydrogens (tertiary/aromatic N) is 3. The number of aromatic nitrogens is 1. The van der Waals surface area contributed by atoms with Gasteiger partial charge in [-0.05, 0) is 30.4 Å². The molecule has 174 valence electrons. The van der Waals surface area contributed by atoms with Crippen LogP contribution in [0, 0.1) is 17.1 Å². The first-order valence-electron chi connectivity index (χ1n) is 9.67. The van der Waals surface area contributed by atoms with Crippen molar-refractivity contribution in [3.05, 3.63) is 39.8 Å². The van der Waals surface area contributed by atoms with Crippen molar-refractivity contribution in [2.45, 2.75) is 56.3 Å². The third kappa shape index (κ3) is 5.31. The highest BCUT2D eigenvalue weighted by molar-refractivity contribution is 7.93. The summed E-state index contributed by atoms with van der Waals surface area (Å²) < 4.78 is 31.3. The molecule has 1 aromatic heterocycles. The summed E-state index contributed by atoms with van der Waals surface area (Å²) in [6.45, 7) is 7.77. The second-order valence-corrected chi connectivity index (χ2v) is 11.1. The number of nitriles is 1. The Morgan fingerprint density at radius 2 is 2.06 bits per heavy atom. The van der Waals surface area contributed by atoms with Crippen LogP contribution in [0.2, 0.25) is 0 Å². The molecule has 1 heterocycles. The Bertz CT molecular complexity index is 1190. The van der Waals surface area contributed by atoms with Gasteiger partial charge in [-0.2, -0.15) is 5.26 Å². The summed E-state index contributed by atoms with van der Waals surface area (Å²) >= 11 is 0.752. The highest BCUT2D eigenvalue weighted by Gasteiger charge is 2.28. The van der Waals surface area contributed by atoms with Crippen LogP contribution >= 0.6 is 11.3 Å². The van der Waals surface area contributed by atoms with E-state index >= 15 is 0 Å². The van der Waals surface area contributed by atoms with Crippen LogP contribution in [0.4, 0.5) is 14.9 Å². The maximum atomic E-state index is 14.9. The van der Waals surface area contributed by atoms with Crippen molar-refractivity contribution in [1.82, 2.24) is 4.98 Å². The minimum Gasteiger partial charge on any atom is -0.393 e. The minimum absolute atomic E-state index is 0.0575. The first-order chi connectivity index (χ1) is 14.7. The summed E-state index contributed by atoms with van der Waals surface area (Å²) in [6, 6.07) is 2.13. The van der Waals surface area contributed by atoms with E-state index in [4.69, 9.17) is 5.14 Å². The number of benzene rings is 1. The number of hydrogen-bond donors (Lipinski definition) is 4. The molecule has 32 heavy (non-hydrogen) atoms. The maximum Gasteiger partial charge on any atom is 0.354 e. The van der Waals surface area contributed by atoms with E-state index < -0.39 is 34.0 Å². The smallest absolute Gasteiger partial charge is 0.354 e. The van der Waals surface area contributed by atoms with E-state index in [0.29, 0.717) is 5.56 Å². The molecule has 12 heteroatoms. The number of carbonyl (C=O) groups excluding carboxylic acids is 1. The molecule has 9 nitrogen and oxygen atoms in total. The SMILES string of the molecule is CC(C)c1cc(C#N)c(F)c(C(C)C)c1NC(=O)N=S(N)(=O)c1cnc([C@](C)(O)CO)s1. The van der Waals surface area contributed by atoms with Gasteiger partial charge in [0.15, 0.2) is 9.92 Å². The van der Waals surface area contributed by atoms with Gasteiger partial charge >= 0.3 is 6.03 Å². The Morgan fingerprint density at radius 3 is 2.56 bits per heavy atom. The number of urea groups is 1. The zero-order valence-corrected chi connectivity index (χ0v) is 20.0. The van der Waals surface area contributed by atoms with Crippen molar-refractivity contribution < 1.29 is 23.6 Å². The van der Waals surface area contributed by atoms with Crippen molar-refractivity contribution in [2.24, 2.45) is 9.50 Å². The highest BCUT2D eigenvalue weighted by Crippen LogP contribution is 2.36. The number of amides is 2. The monoisotopic (exact) mass is 483 g/mol. The van der Waals surface area contributed by atoms with Crippen molar-refractivity contribution in [3.8, 4) is 6.07 Å². The number of anilines is 1. The summed E-state index contributed by atoms with van der Waals surface area (Å²) in [5, 5.41) is 36.9. The average Bonchev–Trinajstić information content (AvgIpc) is 3.19. The lowest BCUT2D eigenvalue weighted by atomic mass is 9.90. The van der Waals surface area contributed by atoms with E-state index in [1.165, 1.54) is 13.0 Å². The Morgan fingerprint density at radius 1 is 1.44 bits per heavy atom. The molecule has 0 bridgehead atoms. The molecule has 0 spiro atoms. The van der Waals surface area contributed by atoms with Crippen LogP contribution in [-0.2, 0) is 15.5 Å². The summed E-state index contributed by atoms with van der Waals surface area (Å²) in [4.78, 5) is 16.5. The van der Waals surface area contributed by atoms with E-state index in [9.17, 15) is 28.9 Å². The molecule has 2 atom stereocenters. The maximum absolute atomic E-state index is 14.9. The topological polar surface area (TPSA) is 162 Å². The molecule has 2 amide bonds. The number of aliphatic hydroxyl groups excluding tert-OH is 1. The number of carbonyl (C=O) groups is 1. The predicted octanol–water partition coefficient (Wildman–Crippen LogP) is 3.53. The van der Waals surface area contributed by atoms with Crippen LogP contribution in [0.5, 0.6) is 0 Å². The quantitative estimate of drug-likeness (QED) is 0.491. The molecular formula is C20H26FN5O4S2. The minimum atomic E-state index is -3.74. The number of nitrogens with two attached hydrogens (primary N) is 1. The second-order valence-electron chi connectivity index (χ2n) is 8.04. The van der Waals surface area contributed by atoms with Gasteiger partial charge in [0.05, 0.1) is 24.1 Å². The Kier molecular flexibility index (Phi) is 7.75. The number of nitrogens with one attached hydrogen (secondary N) is 1. The summed E-state index contributed by atoms with van der Waals surface area (Å²) in [7, 11) is -3.74. The molecule has 2 rings (SSSR count). The van der Waals surface area contributed by atoms with Crippen molar-refractivity contribution in [2.75, 3.05) is 11.9 Å². The van der Waals surface area contributed by atoms with Gasteiger partial charge < -0.3 is 15.5 Å². The van der Waals surface area contributed by atoms with Crippen molar-refractivity contribution in [3.63, 3.8) is 0 Å². The third-order valence-electron chi connectivity index (χ3n) is 4.64. The molecular weight excluding hydrogens is 457 g/mol. The van der Waals surface area contributed by atoms with Crippen LogP contribution in [0.15, 0.2) is 20.8 Å². The lowest BCUT2D eigenvalue weighted by Gasteiger charge is -2.21. The molecule has 1 unspecified atom stereocenters. The second kappa shape index (κ2) is 9.60. The zero-order valence-electron chi connectivity index (χ0n) is 18.3. The van der Waals surface area contributed by atoms with E-state index in [-0.39, 0.29) is 37.9 Å². The lowest BCUT2D eigenvalue weighted by Crippen LogP contribution is -2.25. The Balaban J connectivity index is 2.53. The Hall–Kier alpha value is -2.43. The van der Waals surface area contributed by atoms with Crippen LogP contribution < -0.4 is 10.5 Å². The summed E-state index contributed by atoms with van der Waals surface area (Å²) in [5.41, 5.74) is -0.984. The first kappa shape index (κ1) is 25.8. The third-order valence-corrected chi connectivity index (χ3v) is 7.77. The van der Waals surface area contributed by atoms with Crippen LogP contribution in [0.25, 0.3) is 0 Å². The molecule has 0 aliphatic heterocycles. The fraction of sp³-hybridized carbons (Fsp3) is 0.450. The fourth-order valence-corrected chi connectivity index (χ4v) is 5.03. The number of thiazole rings is 1. The Labute approximate surface area is 190 Å². The van der Waals surface area contributed by atoms with Gasteiger partial charge in [0.2, 0.25) is 0 Å². The number of hydrogen-bond acceptors (Lipinski definition) is 7. The molecule has 1 aromatic carbocycles. The average molecular weight is 484 g/mol. The van der Waals surface area contributed by atoms with Gasteiger partial charge in [0.25, 0.3) is 0 Å². The van der Waals surface area contributed by atoms with Crippen LogP contribution in [0.1, 0.15) is 68.2 Å². The van der Waals surface area contributed by atoms with E-state index in [1.807, 2.05) is 19.9 Å². The molecule has 0 saturated heterocycles. The van der Waals surface area contributed by atoms with E-state index in [0.717, 1.165) is 17.5 Å². The first-order valence-corrected chi connectivity index (χ1v) is 12.1. The van der Waals surface area contributed by atoms with E-state index in [1.54, 1.807) is 13.8 Å². The zero-order chi connectivity index (χ0) is 24.4. The molecule has 0 saturated carbocycles. The standard InChI is InChI=1S/C20H26FN5O4S2/c1-10(2)13-6-12(7-22)16(21)15(11(3)4)17(13)25-19(28)26-32(23,30)14-8-24-18(31-14)20(5,29)9-27/h6,8,10-11,27,29H,9H2,1-5H3,(H3,23,25,26,28,30)/t20-,32?/m1/s1. The fourth-order valence-electron chi connectivity index (χ4n) is 2.93. The molecule has 0 aliphatic rings.